The second kappa shape index (κ2) is 7.31. The van der Waals surface area contributed by atoms with Gasteiger partial charge in [0.2, 0.25) is 0 Å². The summed E-state index contributed by atoms with van der Waals surface area (Å²) in [7, 11) is 3.81. The predicted octanol–water partition coefficient (Wildman–Crippen LogP) is 2.23. The molecular weight excluding hydrogens is 244 g/mol. The van der Waals surface area contributed by atoms with E-state index in [-0.39, 0.29) is 6.23 Å². The normalized spacial score (nSPS) is 20.4. The molecule has 1 aliphatic heterocycles. The van der Waals surface area contributed by atoms with Crippen LogP contribution in [0.5, 0.6) is 0 Å². The van der Waals surface area contributed by atoms with Gasteiger partial charge in [-0.15, -0.1) is 0 Å². The minimum atomic E-state index is -0.896. The number of allylic oxidation sites excluding steroid dienone is 1. The second-order valence-electron chi connectivity index (χ2n) is 4.83. The van der Waals surface area contributed by atoms with Crippen molar-refractivity contribution >= 4 is 5.97 Å². The van der Waals surface area contributed by atoms with Gasteiger partial charge in [-0.25, -0.2) is 9.80 Å². The monoisotopic (exact) mass is 268 g/mol. The van der Waals surface area contributed by atoms with Crippen molar-refractivity contribution in [2.24, 2.45) is 0 Å². The summed E-state index contributed by atoms with van der Waals surface area (Å²) < 4.78 is 5.74. The standard InChI is InChI=1S/C14H24N2O3/c1-5-12(14(17)18)10-11(2)16(15(3)4)13-8-6-7-9-19-13/h10,13H,2,5-9H2,1,3-4H3,(H,17,18)/b12-10+. The van der Waals surface area contributed by atoms with E-state index in [9.17, 15) is 4.79 Å². The largest absolute Gasteiger partial charge is 0.478 e. The Morgan fingerprint density at radius 1 is 1.47 bits per heavy atom. The molecule has 108 valence electrons. The SMILES string of the molecule is C=C(/C=C(\CC)C(=O)O)N(C1CCCCO1)N(C)C. The summed E-state index contributed by atoms with van der Waals surface area (Å²) in [4.78, 5) is 11.1. The van der Waals surface area contributed by atoms with Crippen LogP contribution in [0.2, 0.25) is 0 Å². The highest BCUT2D eigenvalue weighted by atomic mass is 16.5. The molecule has 1 aliphatic rings. The van der Waals surface area contributed by atoms with Gasteiger partial charge in [0, 0.05) is 32.0 Å². The first-order chi connectivity index (χ1) is 8.97. The molecule has 0 spiro atoms. The molecule has 1 heterocycles. The van der Waals surface area contributed by atoms with Crippen LogP contribution in [0.25, 0.3) is 0 Å². The third-order valence-electron chi connectivity index (χ3n) is 3.15. The molecule has 1 atom stereocenters. The minimum Gasteiger partial charge on any atom is -0.478 e. The number of ether oxygens (including phenoxy) is 1. The maximum Gasteiger partial charge on any atom is 0.331 e. The molecule has 5 nitrogen and oxygen atoms in total. The summed E-state index contributed by atoms with van der Waals surface area (Å²) in [6.07, 6.45) is 5.17. The van der Waals surface area contributed by atoms with Crippen molar-refractivity contribution in [1.29, 1.82) is 0 Å². The zero-order valence-electron chi connectivity index (χ0n) is 12.1. The van der Waals surface area contributed by atoms with Crippen LogP contribution in [0.4, 0.5) is 0 Å². The van der Waals surface area contributed by atoms with E-state index < -0.39 is 5.97 Å². The summed E-state index contributed by atoms with van der Waals surface area (Å²) in [5, 5.41) is 12.9. The molecule has 5 heteroatoms. The highest BCUT2D eigenvalue weighted by molar-refractivity contribution is 5.87. The Labute approximate surface area is 115 Å². The number of rotatable bonds is 6. The maximum atomic E-state index is 11.1. The molecule has 0 saturated carbocycles. The van der Waals surface area contributed by atoms with Crippen LogP contribution in [-0.4, -0.2) is 48.0 Å². The van der Waals surface area contributed by atoms with Crippen molar-refractivity contribution < 1.29 is 14.6 Å². The fourth-order valence-corrected chi connectivity index (χ4v) is 2.20. The van der Waals surface area contributed by atoms with Gasteiger partial charge in [0.05, 0.1) is 0 Å². The van der Waals surface area contributed by atoms with Gasteiger partial charge in [0.1, 0.15) is 6.23 Å². The average molecular weight is 268 g/mol. The number of hydrazine groups is 1. The maximum absolute atomic E-state index is 11.1. The third kappa shape index (κ3) is 4.36. The van der Waals surface area contributed by atoms with Crippen LogP contribution in [-0.2, 0) is 9.53 Å². The van der Waals surface area contributed by atoms with E-state index in [2.05, 4.69) is 6.58 Å². The Morgan fingerprint density at radius 2 is 2.16 bits per heavy atom. The van der Waals surface area contributed by atoms with Crippen LogP contribution in [0, 0.1) is 0 Å². The third-order valence-corrected chi connectivity index (χ3v) is 3.15. The summed E-state index contributed by atoms with van der Waals surface area (Å²) in [6, 6.07) is 0. The van der Waals surface area contributed by atoms with E-state index in [4.69, 9.17) is 9.84 Å². The molecule has 1 N–H and O–H groups in total. The number of aliphatic carboxylic acids is 1. The Hall–Kier alpha value is -1.33. The lowest BCUT2D eigenvalue weighted by atomic mass is 10.1. The van der Waals surface area contributed by atoms with Crippen molar-refractivity contribution in [3.63, 3.8) is 0 Å². The van der Waals surface area contributed by atoms with Crippen LogP contribution in [0.3, 0.4) is 0 Å². The summed E-state index contributed by atoms with van der Waals surface area (Å²) >= 11 is 0. The zero-order valence-corrected chi connectivity index (χ0v) is 12.1. The van der Waals surface area contributed by atoms with Gasteiger partial charge in [-0.2, -0.15) is 0 Å². The predicted molar refractivity (Wildman–Crippen MR) is 74.3 cm³/mol. The van der Waals surface area contributed by atoms with Crippen molar-refractivity contribution in [1.82, 2.24) is 10.0 Å². The topological polar surface area (TPSA) is 53.0 Å². The Kier molecular flexibility index (Phi) is 6.05. The highest BCUT2D eigenvalue weighted by Crippen LogP contribution is 2.22. The molecule has 1 fully saturated rings. The Balaban J connectivity index is 2.86. The van der Waals surface area contributed by atoms with Crippen molar-refractivity contribution in [2.75, 3.05) is 20.7 Å². The van der Waals surface area contributed by atoms with Gasteiger partial charge in [-0.05, 0) is 31.8 Å². The first kappa shape index (κ1) is 15.7. The van der Waals surface area contributed by atoms with Gasteiger partial charge in [0.25, 0.3) is 0 Å². The number of hydrogen-bond acceptors (Lipinski definition) is 4. The van der Waals surface area contributed by atoms with E-state index >= 15 is 0 Å². The molecule has 1 rings (SSSR count). The number of nitrogens with zero attached hydrogens (tertiary/aromatic N) is 2. The highest BCUT2D eigenvalue weighted by Gasteiger charge is 2.24. The lowest BCUT2D eigenvalue weighted by molar-refractivity contribution is -0.141. The second-order valence-corrected chi connectivity index (χ2v) is 4.83. The zero-order chi connectivity index (χ0) is 14.4. The number of carbonyl (C=O) groups is 1. The fourth-order valence-electron chi connectivity index (χ4n) is 2.20. The van der Waals surface area contributed by atoms with E-state index in [0.717, 1.165) is 25.9 Å². The van der Waals surface area contributed by atoms with Gasteiger partial charge in [0.15, 0.2) is 0 Å². The van der Waals surface area contributed by atoms with E-state index in [1.807, 2.05) is 31.0 Å². The molecule has 0 amide bonds. The Bertz CT molecular complexity index is 358. The van der Waals surface area contributed by atoms with Gasteiger partial charge >= 0.3 is 5.97 Å². The van der Waals surface area contributed by atoms with Gasteiger partial charge in [-0.3, -0.25) is 5.01 Å². The first-order valence-electron chi connectivity index (χ1n) is 6.68. The summed E-state index contributed by atoms with van der Waals surface area (Å²) in [6.45, 7) is 6.55. The molecule has 19 heavy (non-hydrogen) atoms. The molecular formula is C14H24N2O3. The molecule has 1 unspecified atom stereocenters. The number of carboxylic acid groups (broad SMARTS) is 1. The molecule has 0 radical (unpaired) electrons. The molecule has 0 bridgehead atoms. The molecule has 0 aromatic carbocycles. The fraction of sp³-hybridized carbons (Fsp3) is 0.643. The average Bonchev–Trinajstić information content (AvgIpc) is 2.36. The van der Waals surface area contributed by atoms with Gasteiger partial charge in [-0.1, -0.05) is 13.5 Å². The Morgan fingerprint density at radius 3 is 2.58 bits per heavy atom. The van der Waals surface area contributed by atoms with E-state index in [0.29, 0.717) is 17.7 Å². The number of carboxylic acids is 1. The smallest absolute Gasteiger partial charge is 0.331 e. The minimum absolute atomic E-state index is 0.0561. The summed E-state index contributed by atoms with van der Waals surface area (Å²) in [5.74, 6) is -0.896. The van der Waals surface area contributed by atoms with Crippen molar-refractivity contribution in [2.45, 2.75) is 38.8 Å². The van der Waals surface area contributed by atoms with Crippen LogP contribution in [0.1, 0.15) is 32.6 Å². The first-order valence-corrected chi connectivity index (χ1v) is 6.68. The lowest BCUT2D eigenvalue weighted by Gasteiger charge is -2.40. The van der Waals surface area contributed by atoms with Gasteiger partial charge < -0.3 is 9.84 Å². The number of hydrogen-bond donors (Lipinski definition) is 1. The van der Waals surface area contributed by atoms with Crippen LogP contribution < -0.4 is 0 Å². The molecule has 0 aliphatic carbocycles. The molecule has 0 aromatic rings. The van der Waals surface area contributed by atoms with Crippen molar-refractivity contribution in [3.8, 4) is 0 Å². The molecule has 0 aromatic heterocycles. The lowest BCUT2D eigenvalue weighted by Crippen LogP contribution is -2.46. The van der Waals surface area contributed by atoms with E-state index in [1.54, 1.807) is 6.08 Å². The molecule has 1 saturated heterocycles. The van der Waals surface area contributed by atoms with Crippen LogP contribution >= 0.6 is 0 Å². The van der Waals surface area contributed by atoms with Crippen LogP contribution in [0.15, 0.2) is 23.9 Å². The summed E-state index contributed by atoms with van der Waals surface area (Å²) in [5.41, 5.74) is 1.00. The van der Waals surface area contributed by atoms with E-state index in [1.165, 1.54) is 0 Å². The quantitative estimate of drug-likeness (QED) is 0.455. The van der Waals surface area contributed by atoms with Crippen molar-refractivity contribution in [3.05, 3.63) is 23.9 Å².